The highest BCUT2D eigenvalue weighted by Gasteiger charge is 2.15. The van der Waals surface area contributed by atoms with Crippen LogP contribution in [0, 0.1) is 5.92 Å². The lowest BCUT2D eigenvalue weighted by atomic mass is 9.97. The molecule has 1 aromatic carbocycles. The maximum absolute atomic E-state index is 5.75. The summed E-state index contributed by atoms with van der Waals surface area (Å²) in [4.78, 5) is 2.57. The third-order valence-corrected chi connectivity index (χ3v) is 4.05. The van der Waals surface area contributed by atoms with Crippen molar-refractivity contribution < 1.29 is 4.74 Å². The van der Waals surface area contributed by atoms with Gasteiger partial charge in [-0.05, 0) is 56.9 Å². The van der Waals surface area contributed by atoms with E-state index in [1.165, 1.54) is 32.5 Å². The van der Waals surface area contributed by atoms with E-state index in [0.717, 1.165) is 37.8 Å². The number of rotatable bonds is 8. The van der Waals surface area contributed by atoms with Gasteiger partial charge in [-0.15, -0.1) is 0 Å². The number of hydrogen-bond donors (Lipinski definition) is 1. The van der Waals surface area contributed by atoms with E-state index in [1.807, 2.05) is 30.3 Å². The molecule has 1 aliphatic heterocycles. The van der Waals surface area contributed by atoms with Crippen LogP contribution in [0.1, 0.15) is 26.2 Å². The van der Waals surface area contributed by atoms with Crippen molar-refractivity contribution in [2.24, 2.45) is 5.92 Å². The van der Waals surface area contributed by atoms with Gasteiger partial charge < -0.3 is 15.0 Å². The Labute approximate surface area is 123 Å². The zero-order chi connectivity index (χ0) is 14.0. The predicted octanol–water partition coefficient (Wildman–Crippen LogP) is 2.78. The molecule has 112 valence electrons. The molecule has 0 saturated carbocycles. The maximum atomic E-state index is 5.75. The van der Waals surface area contributed by atoms with E-state index in [-0.39, 0.29) is 0 Å². The molecule has 0 aromatic heterocycles. The van der Waals surface area contributed by atoms with E-state index < -0.39 is 0 Å². The van der Waals surface area contributed by atoms with E-state index in [0.29, 0.717) is 0 Å². The van der Waals surface area contributed by atoms with Gasteiger partial charge in [0.2, 0.25) is 0 Å². The molecule has 0 bridgehead atoms. The SMILES string of the molecule is CCN(CCCOc1ccccc1)CC1CCNCC1. The molecule has 1 fully saturated rings. The largest absolute Gasteiger partial charge is 0.494 e. The summed E-state index contributed by atoms with van der Waals surface area (Å²) in [6.45, 7) is 9.01. The Morgan fingerprint density at radius 2 is 1.95 bits per heavy atom. The minimum Gasteiger partial charge on any atom is -0.494 e. The average molecular weight is 276 g/mol. The van der Waals surface area contributed by atoms with Crippen molar-refractivity contribution in [1.82, 2.24) is 10.2 Å². The van der Waals surface area contributed by atoms with Gasteiger partial charge in [-0.1, -0.05) is 25.1 Å². The lowest BCUT2D eigenvalue weighted by Gasteiger charge is -2.29. The van der Waals surface area contributed by atoms with Gasteiger partial charge >= 0.3 is 0 Å². The first kappa shape index (κ1) is 15.3. The summed E-state index contributed by atoms with van der Waals surface area (Å²) in [5.74, 6) is 1.86. The summed E-state index contributed by atoms with van der Waals surface area (Å²) in [6.07, 6.45) is 3.77. The molecule has 1 N–H and O–H groups in total. The van der Waals surface area contributed by atoms with Gasteiger partial charge in [0.25, 0.3) is 0 Å². The van der Waals surface area contributed by atoms with Crippen molar-refractivity contribution in [3.63, 3.8) is 0 Å². The van der Waals surface area contributed by atoms with Crippen LogP contribution < -0.4 is 10.1 Å². The molecule has 1 saturated heterocycles. The van der Waals surface area contributed by atoms with Crippen LogP contribution >= 0.6 is 0 Å². The zero-order valence-corrected chi connectivity index (χ0v) is 12.7. The molecule has 0 atom stereocenters. The van der Waals surface area contributed by atoms with Crippen LogP contribution in [0.25, 0.3) is 0 Å². The quantitative estimate of drug-likeness (QED) is 0.739. The van der Waals surface area contributed by atoms with Crippen molar-refractivity contribution in [2.75, 3.05) is 39.3 Å². The van der Waals surface area contributed by atoms with Crippen LogP contribution in [0.15, 0.2) is 30.3 Å². The van der Waals surface area contributed by atoms with E-state index >= 15 is 0 Å². The molecule has 1 aliphatic rings. The summed E-state index contributed by atoms with van der Waals surface area (Å²) in [5.41, 5.74) is 0. The Bertz CT molecular complexity index is 349. The molecule has 2 rings (SSSR count). The predicted molar refractivity (Wildman–Crippen MR) is 84.3 cm³/mol. The Morgan fingerprint density at radius 3 is 2.65 bits per heavy atom. The van der Waals surface area contributed by atoms with Crippen molar-refractivity contribution in [1.29, 1.82) is 0 Å². The number of piperidine rings is 1. The Morgan fingerprint density at radius 1 is 1.20 bits per heavy atom. The maximum Gasteiger partial charge on any atom is 0.119 e. The lowest BCUT2D eigenvalue weighted by Crippen LogP contribution is -2.36. The minimum atomic E-state index is 0.812. The lowest BCUT2D eigenvalue weighted by molar-refractivity contribution is 0.196. The third-order valence-electron chi connectivity index (χ3n) is 4.05. The van der Waals surface area contributed by atoms with Gasteiger partial charge in [0.15, 0.2) is 0 Å². The Kier molecular flexibility index (Phi) is 6.89. The summed E-state index contributed by atoms with van der Waals surface area (Å²) in [6, 6.07) is 10.1. The number of benzene rings is 1. The van der Waals surface area contributed by atoms with Crippen LogP contribution in [0.5, 0.6) is 5.75 Å². The molecular weight excluding hydrogens is 248 g/mol. The highest BCUT2D eigenvalue weighted by molar-refractivity contribution is 5.20. The second kappa shape index (κ2) is 8.98. The molecule has 20 heavy (non-hydrogen) atoms. The highest BCUT2D eigenvalue weighted by Crippen LogP contribution is 2.14. The van der Waals surface area contributed by atoms with Crippen molar-refractivity contribution >= 4 is 0 Å². The summed E-state index contributed by atoms with van der Waals surface area (Å²) in [5, 5.41) is 3.44. The number of ether oxygens (including phenoxy) is 1. The molecule has 1 heterocycles. The first-order chi connectivity index (χ1) is 9.88. The molecule has 3 heteroatoms. The van der Waals surface area contributed by atoms with Crippen LogP contribution in [0.2, 0.25) is 0 Å². The molecule has 0 amide bonds. The van der Waals surface area contributed by atoms with Crippen LogP contribution in [-0.2, 0) is 0 Å². The van der Waals surface area contributed by atoms with Crippen molar-refractivity contribution in [2.45, 2.75) is 26.2 Å². The van der Waals surface area contributed by atoms with E-state index in [2.05, 4.69) is 17.1 Å². The summed E-state index contributed by atoms with van der Waals surface area (Å²) < 4.78 is 5.75. The zero-order valence-electron chi connectivity index (χ0n) is 12.7. The van der Waals surface area contributed by atoms with E-state index in [4.69, 9.17) is 4.74 Å². The second-order valence-electron chi connectivity index (χ2n) is 5.60. The highest BCUT2D eigenvalue weighted by atomic mass is 16.5. The van der Waals surface area contributed by atoms with Crippen LogP contribution in [-0.4, -0.2) is 44.2 Å². The van der Waals surface area contributed by atoms with Gasteiger partial charge in [0, 0.05) is 13.1 Å². The monoisotopic (exact) mass is 276 g/mol. The summed E-state index contributed by atoms with van der Waals surface area (Å²) in [7, 11) is 0. The van der Waals surface area contributed by atoms with Crippen molar-refractivity contribution in [3.05, 3.63) is 30.3 Å². The molecular formula is C17H28N2O. The smallest absolute Gasteiger partial charge is 0.119 e. The summed E-state index contributed by atoms with van der Waals surface area (Å²) >= 11 is 0. The topological polar surface area (TPSA) is 24.5 Å². The molecule has 0 spiro atoms. The normalized spacial score (nSPS) is 16.5. The van der Waals surface area contributed by atoms with Gasteiger partial charge in [0.1, 0.15) is 5.75 Å². The van der Waals surface area contributed by atoms with E-state index in [9.17, 15) is 0 Å². The van der Waals surface area contributed by atoms with Gasteiger partial charge in [-0.25, -0.2) is 0 Å². The molecule has 0 radical (unpaired) electrons. The molecule has 0 aliphatic carbocycles. The van der Waals surface area contributed by atoms with Crippen LogP contribution in [0.3, 0.4) is 0 Å². The first-order valence-corrected chi connectivity index (χ1v) is 7.99. The van der Waals surface area contributed by atoms with Gasteiger partial charge in [-0.2, -0.15) is 0 Å². The number of nitrogens with zero attached hydrogens (tertiary/aromatic N) is 1. The fourth-order valence-electron chi connectivity index (χ4n) is 2.80. The fraction of sp³-hybridized carbons (Fsp3) is 0.647. The number of hydrogen-bond acceptors (Lipinski definition) is 3. The fourth-order valence-corrected chi connectivity index (χ4v) is 2.80. The standard InChI is InChI=1S/C17H28N2O/c1-2-19(15-16-9-11-18-12-10-16)13-6-14-20-17-7-4-3-5-8-17/h3-5,7-8,16,18H,2,6,9-15H2,1H3. The van der Waals surface area contributed by atoms with Gasteiger partial charge in [0.05, 0.1) is 6.61 Å². The number of nitrogens with one attached hydrogen (secondary N) is 1. The van der Waals surface area contributed by atoms with Crippen molar-refractivity contribution in [3.8, 4) is 5.75 Å². The minimum absolute atomic E-state index is 0.812. The third kappa shape index (κ3) is 5.51. The molecule has 3 nitrogen and oxygen atoms in total. The molecule has 0 unspecified atom stereocenters. The second-order valence-corrected chi connectivity index (χ2v) is 5.60. The van der Waals surface area contributed by atoms with Crippen LogP contribution in [0.4, 0.5) is 0 Å². The van der Waals surface area contributed by atoms with Gasteiger partial charge in [-0.3, -0.25) is 0 Å². The Hall–Kier alpha value is -1.06. The number of para-hydroxylation sites is 1. The van der Waals surface area contributed by atoms with E-state index in [1.54, 1.807) is 0 Å². The average Bonchev–Trinajstić information content (AvgIpc) is 2.52. The molecule has 1 aromatic rings. The Balaban J connectivity index is 1.61. The first-order valence-electron chi connectivity index (χ1n) is 7.99.